The Morgan fingerprint density at radius 3 is 2.75 bits per heavy atom. The zero-order valence-electron chi connectivity index (χ0n) is 15.3. The Morgan fingerprint density at radius 2 is 2.04 bits per heavy atom. The molecule has 0 unspecified atom stereocenters. The predicted molar refractivity (Wildman–Crippen MR) is 102 cm³/mol. The maximum absolute atomic E-state index is 13.8. The van der Waals surface area contributed by atoms with Crippen molar-refractivity contribution < 1.29 is 18.1 Å². The third kappa shape index (κ3) is 3.19. The molecule has 0 aliphatic heterocycles. The van der Waals surface area contributed by atoms with Gasteiger partial charge in [0, 0.05) is 23.6 Å². The molecule has 0 bridgehead atoms. The number of aryl methyl sites for hydroxylation is 2. The second-order valence-electron chi connectivity index (χ2n) is 6.69. The van der Waals surface area contributed by atoms with Gasteiger partial charge in [0.15, 0.2) is 5.58 Å². The van der Waals surface area contributed by atoms with Gasteiger partial charge in [0.25, 0.3) is 5.91 Å². The Morgan fingerprint density at radius 1 is 1.21 bits per heavy atom. The van der Waals surface area contributed by atoms with Gasteiger partial charge in [-0.15, -0.1) is 0 Å². The summed E-state index contributed by atoms with van der Waals surface area (Å²) in [6, 6.07) is 7.26. The molecule has 142 valence electrons. The first-order valence-electron chi connectivity index (χ1n) is 8.83. The highest BCUT2D eigenvalue weighted by molar-refractivity contribution is 6.06. The number of carbonyl (C=O) groups excluding carboxylic acids is 1. The topological polar surface area (TPSA) is 68.0 Å². The first kappa shape index (κ1) is 18.0. The number of benzene rings is 1. The summed E-state index contributed by atoms with van der Waals surface area (Å²) in [6.45, 7) is 3.86. The maximum atomic E-state index is 13.8. The van der Waals surface area contributed by atoms with Crippen LogP contribution in [0.2, 0.25) is 0 Å². The van der Waals surface area contributed by atoms with Crippen LogP contribution >= 0.6 is 0 Å². The molecule has 1 aliphatic carbocycles. The highest BCUT2D eigenvalue weighted by atomic mass is 19.1. The standard InChI is InChI=1S/C21H17F2N3O2/c1-11-8-15-12(2)26-28-18(15)9-14(11)13-6-7-19(24-10-13)25-21(27)20-16(22)4-3-5-17(20)23/h4,6-10H,3,5H2,1-2H3,(H,24,25,27). The average molecular weight is 381 g/mol. The molecule has 1 amide bonds. The van der Waals surface area contributed by atoms with Gasteiger partial charge in [-0.3, -0.25) is 4.79 Å². The van der Waals surface area contributed by atoms with Crippen LogP contribution in [0.5, 0.6) is 0 Å². The largest absolute Gasteiger partial charge is 0.356 e. The smallest absolute Gasteiger partial charge is 0.262 e. The van der Waals surface area contributed by atoms with E-state index in [0.29, 0.717) is 5.58 Å². The molecule has 0 fully saturated rings. The molecule has 1 aliphatic rings. The average Bonchev–Trinajstić information content (AvgIpc) is 3.02. The van der Waals surface area contributed by atoms with Crippen molar-refractivity contribution in [3.63, 3.8) is 0 Å². The lowest BCUT2D eigenvalue weighted by molar-refractivity contribution is -0.112. The number of aromatic nitrogens is 2. The van der Waals surface area contributed by atoms with E-state index in [1.54, 1.807) is 18.3 Å². The monoisotopic (exact) mass is 381 g/mol. The molecule has 28 heavy (non-hydrogen) atoms. The Balaban J connectivity index is 1.59. The van der Waals surface area contributed by atoms with Crippen molar-refractivity contribution in [1.82, 2.24) is 10.1 Å². The summed E-state index contributed by atoms with van der Waals surface area (Å²) < 4.78 is 32.9. The minimum Gasteiger partial charge on any atom is -0.356 e. The maximum Gasteiger partial charge on any atom is 0.262 e. The van der Waals surface area contributed by atoms with E-state index in [2.05, 4.69) is 15.5 Å². The number of rotatable bonds is 3. The molecule has 0 saturated carbocycles. The fourth-order valence-electron chi connectivity index (χ4n) is 3.24. The second kappa shape index (κ2) is 6.99. The quantitative estimate of drug-likeness (QED) is 0.667. The number of hydrogen-bond acceptors (Lipinski definition) is 4. The third-order valence-corrected chi connectivity index (χ3v) is 4.74. The Bertz CT molecular complexity index is 1140. The Kier molecular flexibility index (Phi) is 4.50. The van der Waals surface area contributed by atoms with Crippen LogP contribution in [0.3, 0.4) is 0 Å². The Hall–Kier alpha value is -3.35. The molecule has 2 heterocycles. The SMILES string of the molecule is Cc1cc2c(C)noc2cc1-c1ccc(NC(=O)C2=C(F)CCC=C2F)nc1. The van der Waals surface area contributed by atoms with E-state index in [4.69, 9.17) is 4.52 Å². The predicted octanol–water partition coefficient (Wildman–Crippen LogP) is 5.32. The van der Waals surface area contributed by atoms with Gasteiger partial charge in [-0.1, -0.05) is 5.16 Å². The van der Waals surface area contributed by atoms with Gasteiger partial charge in [0.05, 0.1) is 5.69 Å². The number of pyridine rings is 1. The molecular formula is C21H17F2N3O2. The summed E-state index contributed by atoms with van der Waals surface area (Å²) in [5.74, 6) is -2.23. The van der Waals surface area contributed by atoms with E-state index < -0.39 is 23.1 Å². The molecule has 1 aromatic carbocycles. The lowest BCUT2D eigenvalue weighted by atomic mass is 10.00. The van der Waals surface area contributed by atoms with Crippen molar-refractivity contribution in [2.75, 3.05) is 5.32 Å². The number of nitrogens with one attached hydrogen (secondary N) is 1. The van der Waals surface area contributed by atoms with E-state index in [9.17, 15) is 13.6 Å². The van der Waals surface area contributed by atoms with Crippen LogP contribution in [0.25, 0.3) is 22.1 Å². The zero-order valence-corrected chi connectivity index (χ0v) is 15.3. The summed E-state index contributed by atoms with van der Waals surface area (Å²) in [6.07, 6.45) is 3.06. The van der Waals surface area contributed by atoms with Crippen LogP contribution in [-0.2, 0) is 4.79 Å². The van der Waals surface area contributed by atoms with Gasteiger partial charge in [-0.2, -0.15) is 0 Å². The van der Waals surface area contributed by atoms with Gasteiger partial charge < -0.3 is 9.84 Å². The number of hydrogen-bond donors (Lipinski definition) is 1. The van der Waals surface area contributed by atoms with Crippen molar-refractivity contribution in [3.8, 4) is 11.1 Å². The lowest BCUT2D eigenvalue weighted by Gasteiger charge is -2.12. The number of amides is 1. The molecule has 0 saturated heterocycles. The van der Waals surface area contributed by atoms with Crippen LogP contribution in [0, 0.1) is 13.8 Å². The van der Waals surface area contributed by atoms with E-state index in [-0.39, 0.29) is 18.7 Å². The van der Waals surface area contributed by atoms with Crippen molar-refractivity contribution in [3.05, 3.63) is 65.0 Å². The highest BCUT2D eigenvalue weighted by Gasteiger charge is 2.23. The number of halogens is 2. The van der Waals surface area contributed by atoms with Crippen molar-refractivity contribution in [1.29, 1.82) is 0 Å². The highest BCUT2D eigenvalue weighted by Crippen LogP contribution is 2.31. The summed E-state index contributed by atoms with van der Waals surface area (Å²) in [4.78, 5) is 16.4. The van der Waals surface area contributed by atoms with Crippen LogP contribution in [-0.4, -0.2) is 16.0 Å². The van der Waals surface area contributed by atoms with Gasteiger partial charge in [-0.05, 0) is 61.7 Å². The summed E-state index contributed by atoms with van der Waals surface area (Å²) in [5.41, 5.74) is 3.71. The molecule has 4 rings (SSSR count). The van der Waals surface area contributed by atoms with Crippen LogP contribution < -0.4 is 5.32 Å². The van der Waals surface area contributed by atoms with Gasteiger partial charge in [-0.25, -0.2) is 13.8 Å². The number of allylic oxidation sites excluding steroid dienone is 2. The minimum atomic E-state index is -0.846. The molecule has 0 spiro atoms. The third-order valence-electron chi connectivity index (χ3n) is 4.74. The molecule has 0 radical (unpaired) electrons. The molecule has 1 N–H and O–H groups in total. The molecule has 2 aromatic heterocycles. The molecule has 7 heteroatoms. The van der Waals surface area contributed by atoms with Crippen LogP contribution in [0.15, 0.2) is 58.3 Å². The normalized spacial score (nSPS) is 14.4. The van der Waals surface area contributed by atoms with Crippen LogP contribution in [0.4, 0.5) is 14.6 Å². The van der Waals surface area contributed by atoms with Gasteiger partial charge in [0.1, 0.15) is 23.0 Å². The molecule has 0 atom stereocenters. The molecule has 5 nitrogen and oxygen atoms in total. The van der Waals surface area contributed by atoms with Gasteiger partial charge >= 0.3 is 0 Å². The van der Waals surface area contributed by atoms with Crippen LogP contribution in [0.1, 0.15) is 24.1 Å². The van der Waals surface area contributed by atoms with E-state index >= 15 is 0 Å². The zero-order chi connectivity index (χ0) is 19.8. The minimum absolute atomic E-state index is 0.0193. The second-order valence-corrected chi connectivity index (χ2v) is 6.69. The van der Waals surface area contributed by atoms with E-state index in [1.165, 1.54) is 6.08 Å². The molecule has 3 aromatic rings. The van der Waals surface area contributed by atoms with E-state index in [0.717, 1.165) is 27.8 Å². The van der Waals surface area contributed by atoms with Gasteiger partial charge in [0.2, 0.25) is 0 Å². The van der Waals surface area contributed by atoms with Crippen molar-refractivity contribution in [2.45, 2.75) is 26.7 Å². The number of anilines is 1. The van der Waals surface area contributed by atoms with Crippen molar-refractivity contribution >= 4 is 22.7 Å². The summed E-state index contributed by atoms with van der Waals surface area (Å²) in [7, 11) is 0. The summed E-state index contributed by atoms with van der Waals surface area (Å²) in [5, 5.41) is 7.36. The first-order chi connectivity index (χ1) is 13.4. The number of nitrogens with zero attached hydrogens (tertiary/aromatic N) is 2. The fraction of sp³-hybridized carbons (Fsp3) is 0.190. The first-order valence-corrected chi connectivity index (χ1v) is 8.83. The summed E-state index contributed by atoms with van der Waals surface area (Å²) >= 11 is 0. The number of fused-ring (bicyclic) bond motifs is 1. The fourth-order valence-corrected chi connectivity index (χ4v) is 3.24. The van der Waals surface area contributed by atoms with E-state index in [1.807, 2.05) is 26.0 Å². The van der Waals surface area contributed by atoms with Crippen molar-refractivity contribution in [2.24, 2.45) is 0 Å². The Labute approximate surface area is 159 Å². The number of carbonyl (C=O) groups is 1. The lowest BCUT2D eigenvalue weighted by Crippen LogP contribution is -2.18. The molecular weight excluding hydrogens is 364 g/mol.